The first-order valence-corrected chi connectivity index (χ1v) is 14.4. The van der Waals surface area contributed by atoms with E-state index in [4.69, 9.17) is 0 Å². The fourth-order valence-corrected chi connectivity index (χ4v) is 4.31. The second kappa shape index (κ2) is 19.8. The molecular weight excluding hydrogens is 721 g/mol. The molecule has 1 radical (unpaired) electrons. The first kappa shape index (κ1) is 34.2. The zero-order valence-electron chi connectivity index (χ0n) is 24.4. The molecule has 0 amide bonds. The van der Waals surface area contributed by atoms with Gasteiger partial charge < -0.3 is 20.2 Å². The molecule has 0 aliphatic heterocycles. The number of nitrogens with zero attached hydrogens (tertiary/aromatic N) is 2. The predicted molar refractivity (Wildman–Crippen MR) is 174 cm³/mol. The van der Waals surface area contributed by atoms with Crippen LogP contribution in [0.25, 0.3) is 22.5 Å². The number of aryl methyl sites for hydroxylation is 1. The van der Waals surface area contributed by atoms with E-state index in [1.807, 2.05) is 133 Å². The maximum Gasteiger partial charge on any atom is 0.0814 e. The molecule has 0 fully saturated rings. The van der Waals surface area contributed by atoms with E-state index in [1.54, 1.807) is 12.4 Å². The van der Waals surface area contributed by atoms with E-state index in [2.05, 4.69) is 34.2 Å². The molecule has 2 heterocycles. The van der Waals surface area contributed by atoms with Gasteiger partial charge in [0.15, 0.2) is 0 Å². The van der Waals surface area contributed by atoms with Crippen molar-refractivity contribution in [2.45, 2.75) is 31.5 Å². The number of hydrogen-bond donors (Lipinski definition) is 2. The topological polar surface area (TPSA) is 66.2 Å². The molecule has 225 valence electrons. The Labute approximate surface area is 274 Å². The molecule has 2 aromatic heterocycles. The molecule has 4 aromatic carbocycles. The molecule has 0 bridgehead atoms. The number of aliphatic hydroxyl groups excluding tert-OH is 2. The SMILES string of the molecule is OC(CCc1ccccc1)CC(O)c1ccccc1.[Ir].[c-]1ccccc1-c1ccccn1.[c-]1ccccc1-c1ccccn1. The summed E-state index contributed by atoms with van der Waals surface area (Å²) in [6, 6.07) is 53.2. The molecule has 2 atom stereocenters. The van der Waals surface area contributed by atoms with E-state index in [0.29, 0.717) is 12.8 Å². The molecule has 0 saturated carbocycles. The second-order valence-electron chi connectivity index (χ2n) is 9.82. The van der Waals surface area contributed by atoms with Gasteiger partial charge in [0, 0.05) is 38.9 Å². The summed E-state index contributed by atoms with van der Waals surface area (Å²) in [4.78, 5) is 8.44. The Hall–Kier alpha value is -4.25. The van der Waals surface area contributed by atoms with Gasteiger partial charge in [-0.25, -0.2) is 0 Å². The Bertz CT molecular complexity index is 1390. The Morgan fingerprint density at radius 2 is 1.02 bits per heavy atom. The van der Waals surface area contributed by atoms with Crippen LogP contribution >= 0.6 is 0 Å². The largest absolute Gasteiger partial charge is 0.393 e. The molecular formula is C39H36IrN2O2-2. The third-order valence-electron chi connectivity index (χ3n) is 6.59. The Kier molecular flexibility index (Phi) is 15.4. The molecule has 5 heteroatoms. The van der Waals surface area contributed by atoms with Crippen LogP contribution in [0.3, 0.4) is 0 Å². The third-order valence-corrected chi connectivity index (χ3v) is 6.59. The number of benzene rings is 4. The van der Waals surface area contributed by atoms with Crippen LogP contribution in [-0.4, -0.2) is 26.3 Å². The second-order valence-corrected chi connectivity index (χ2v) is 9.82. The molecule has 4 nitrogen and oxygen atoms in total. The molecule has 0 spiro atoms. The number of pyridine rings is 2. The van der Waals surface area contributed by atoms with Gasteiger partial charge in [-0.15, -0.1) is 71.8 Å². The van der Waals surface area contributed by atoms with Gasteiger partial charge in [-0.2, -0.15) is 0 Å². The maximum atomic E-state index is 10.0. The van der Waals surface area contributed by atoms with Crippen LogP contribution in [-0.2, 0) is 26.5 Å². The Morgan fingerprint density at radius 1 is 0.545 bits per heavy atom. The summed E-state index contributed by atoms with van der Waals surface area (Å²) in [5, 5.41) is 20.0. The quantitative estimate of drug-likeness (QED) is 0.154. The minimum Gasteiger partial charge on any atom is -0.393 e. The number of hydrogen-bond acceptors (Lipinski definition) is 4. The summed E-state index contributed by atoms with van der Waals surface area (Å²) in [5.41, 5.74) is 6.10. The molecule has 2 unspecified atom stereocenters. The smallest absolute Gasteiger partial charge is 0.0814 e. The molecule has 6 rings (SSSR count). The first-order valence-electron chi connectivity index (χ1n) is 14.4. The van der Waals surface area contributed by atoms with Crippen molar-refractivity contribution in [1.29, 1.82) is 0 Å². The average Bonchev–Trinajstić information content (AvgIpc) is 3.10. The van der Waals surface area contributed by atoms with Gasteiger partial charge in [0.25, 0.3) is 0 Å². The molecule has 0 aliphatic carbocycles. The summed E-state index contributed by atoms with van der Waals surface area (Å²) in [6.07, 6.45) is 4.41. The number of aromatic nitrogens is 2. The van der Waals surface area contributed by atoms with Crippen LogP contribution in [0, 0.1) is 12.1 Å². The van der Waals surface area contributed by atoms with Crippen molar-refractivity contribution in [2.24, 2.45) is 0 Å². The number of aliphatic hydroxyl groups is 2. The fourth-order valence-electron chi connectivity index (χ4n) is 4.31. The van der Waals surface area contributed by atoms with Gasteiger partial charge in [-0.3, -0.25) is 0 Å². The third kappa shape index (κ3) is 12.2. The normalized spacial score (nSPS) is 11.3. The van der Waals surface area contributed by atoms with Crippen molar-refractivity contribution in [3.05, 3.63) is 181 Å². The molecule has 0 aliphatic rings. The zero-order valence-corrected chi connectivity index (χ0v) is 26.8. The van der Waals surface area contributed by atoms with E-state index in [1.165, 1.54) is 5.56 Å². The van der Waals surface area contributed by atoms with Crippen LogP contribution in [0.15, 0.2) is 158 Å². The van der Waals surface area contributed by atoms with Crippen molar-refractivity contribution in [2.75, 3.05) is 0 Å². The zero-order chi connectivity index (χ0) is 30.0. The van der Waals surface area contributed by atoms with Gasteiger partial charge in [0.05, 0.1) is 12.2 Å². The minimum absolute atomic E-state index is 0. The molecule has 44 heavy (non-hydrogen) atoms. The van der Waals surface area contributed by atoms with Gasteiger partial charge in [0.1, 0.15) is 0 Å². The summed E-state index contributed by atoms with van der Waals surface area (Å²) in [6.45, 7) is 0. The van der Waals surface area contributed by atoms with Crippen LogP contribution < -0.4 is 0 Å². The van der Waals surface area contributed by atoms with Crippen LogP contribution in [0.2, 0.25) is 0 Å². The molecule has 2 N–H and O–H groups in total. The fraction of sp³-hybridized carbons (Fsp3) is 0.128. The predicted octanol–water partition coefficient (Wildman–Crippen LogP) is 8.20. The van der Waals surface area contributed by atoms with E-state index in [9.17, 15) is 10.2 Å². The summed E-state index contributed by atoms with van der Waals surface area (Å²) in [7, 11) is 0. The van der Waals surface area contributed by atoms with Crippen LogP contribution in [0.5, 0.6) is 0 Å². The summed E-state index contributed by atoms with van der Waals surface area (Å²) in [5.74, 6) is 0. The number of rotatable bonds is 8. The van der Waals surface area contributed by atoms with Crippen molar-refractivity contribution < 1.29 is 30.3 Å². The van der Waals surface area contributed by atoms with Crippen LogP contribution in [0.1, 0.15) is 30.1 Å². The van der Waals surface area contributed by atoms with Gasteiger partial charge in [-0.1, -0.05) is 84.9 Å². The van der Waals surface area contributed by atoms with E-state index in [0.717, 1.165) is 34.5 Å². The van der Waals surface area contributed by atoms with E-state index >= 15 is 0 Å². The van der Waals surface area contributed by atoms with Crippen molar-refractivity contribution in [3.8, 4) is 22.5 Å². The van der Waals surface area contributed by atoms with Crippen molar-refractivity contribution in [1.82, 2.24) is 9.97 Å². The van der Waals surface area contributed by atoms with Crippen molar-refractivity contribution in [3.63, 3.8) is 0 Å². The Balaban J connectivity index is 0.000000185. The minimum atomic E-state index is -0.591. The van der Waals surface area contributed by atoms with E-state index < -0.39 is 12.2 Å². The summed E-state index contributed by atoms with van der Waals surface area (Å²) < 4.78 is 0. The standard InChI is InChI=1S/C17H20O2.2C11H8N.Ir/c18-16(12-11-14-7-3-1-4-8-14)13-17(19)15-9-5-2-6-10-15;2*1-2-6-10(7-3-1)11-8-4-5-9-12-11;/h1-10,16-19H,11-13H2;2*1-6,8-9H;/q;2*-1;. The van der Waals surface area contributed by atoms with Crippen LogP contribution in [0.4, 0.5) is 0 Å². The van der Waals surface area contributed by atoms with Gasteiger partial charge in [0.2, 0.25) is 0 Å². The van der Waals surface area contributed by atoms with Crippen molar-refractivity contribution >= 4 is 0 Å². The van der Waals surface area contributed by atoms with Gasteiger partial charge >= 0.3 is 0 Å². The maximum absolute atomic E-state index is 10.0. The summed E-state index contributed by atoms with van der Waals surface area (Å²) >= 11 is 0. The molecule has 6 aromatic rings. The Morgan fingerprint density at radius 3 is 1.48 bits per heavy atom. The monoisotopic (exact) mass is 757 g/mol. The average molecular weight is 757 g/mol. The first-order chi connectivity index (χ1) is 21.2. The van der Waals surface area contributed by atoms with E-state index in [-0.39, 0.29) is 20.1 Å². The van der Waals surface area contributed by atoms with Gasteiger partial charge in [-0.05, 0) is 47.5 Å². The molecule has 0 saturated heterocycles.